The first-order chi connectivity index (χ1) is 18.8. The second-order valence-electron chi connectivity index (χ2n) is 10.4. The van der Waals surface area contributed by atoms with Gasteiger partial charge in [-0.25, -0.2) is 0 Å². The highest BCUT2D eigenvalue weighted by atomic mass is 19.3. The highest BCUT2D eigenvalue weighted by Crippen LogP contribution is 2.40. The molecule has 0 aliphatic heterocycles. The minimum atomic E-state index is -3.42. The summed E-state index contributed by atoms with van der Waals surface area (Å²) in [6.07, 6.45) is 7.58. The average molecular weight is 528 g/mol. The summed E-state index contributed by atoms with van der Waals surface area (Å²) in [4.78, 5) is 27.8. The fourth-order valence-corrected chi connectivity index (χ4v) is 5.12. The normalized spacial score (nSPS) is 13.5. The summed E-state index contributed by atoms with van der Waals surface area (Å²) < 4.78 is 31.1. The number of alkyl halides is 2. The maximum atomic E-state index is 15.6. The molecule has 1 saturated carbocycles. The van der Waals surface area contributed by atoms with Gasteiger partial charge in [0.2, 0.25) is 0 Å². The number of ketones is 1. The van der Waals surface area contributed by atoms with Gasteiger partial charge in [0.15, 0.2) is 5.78 Å². The largest absolute Gasteiger partial charge is 0.481 e. The molecule has 1 aromatic heterocycles. The molecule has 1 aliphatic rings. The monoisotopic (exact) mass is 527 g/mol. The number of benzene rings is 3. The number of aliphatic carboxylic acids is 1. The van der Waals surface area contributed by atoms with Gasteiger partial charge in [0.1, 0.15) is 5.69 Å². The number of carbonyl (C=O) groups is 2. The van der Waals surface area contributed by atoms with Crippen LogP contribution in [0.1, 0.15) is 82.7 Å². The summed E-state index contributed by atoms with van der Waals surface area (Å²) in [5.74, 6) is -3.76. The molecule has 1 N–H and O–H groups in total. The summed E-state index contributed by atoms with van der Waals surface area (Å²) in [6.45, 7) is 0. The summed E-state index contributed by atoms with van der Waals surface area (Å²) in [6, 6.07) is 20.8. The molecule has 1 heterocycles. The van der Waals surface area contributed by atoms with Crippen LogP contribution in [-0.2, 0) is 23.6 Å². The van der Waals surface area contributed by atoms with Crippen molar-refractivity contribution in [2.75, 3.05) is 0 Å². The van der Waals surface area contributed by atoms with E-state index >= 15 is 8.78 Å². The van der Waals surface area contributed by atoms with E-state index in [0.717, 1.165) is 31.6 Å². The summed E-state index contributed by atoms with van der Waals surface area (Å²) in [7, 11) is 0. The molecule has 0 amide bonds. The van der Waals surface area contributed by atoms with Gasteiger partial charge in [0.25, 0.3) is 0 Å². The third-order valence-electron chi connectivity index (χ3n) is 7.48. The highest BCUT2D eigenvalue weighted by Gasteiger charge is 2.37. The molecule has 1 fully saturated rings. The lowest BCUT2D eigenvalue weighted by Gasteiger charge is -2.19. The van der Waals surface area contributed by atoms with Crippen molar-refractivity contribution in [3.05, 3.63) is 113 Å². The molecule has 0 spiro atoms. The first kappa shape index (κ1) is 26.7. The molecule has 4 nitrogen and oxygen atoms in total. The quantitative estimate of drug-likeness (QED) is 0.150. The van der Waals surface area contributed by atoms with Crippen LogP contribution in [0.5, 0.6) is 0 Å². The molecule has 4 aromatic rings. The van der Waals surface area contributed by atoms with Crippen molar-refractivity contribution >= 4 is 22.5 Å². The standard InChI is InChI=1S/C33H31F2NO3/c34-33(35,32-29-8-5-4-7-28(29)26(21-36-32)20-31(38)39)27-18-16-25(17-19-27)30(37)9-3-1-2-6-22-10-12-23(13-11-22)24-14-15-24/h4-5,7-8,10-13,16-19,21,24H,1-3,6,9,14-15,20H2,(H,38,39). The van der Waals surface area contributed by atoms with Crippen LogP contribution < -0.4 is 0 Å². The van der Waals surface area contributed by atoms with E-state index in [1.54, 1.807) is 18.2 Å². The maximum absolute atomic E-state index is 15.6. The van der Waals surface area contributed by atoms with E-state index in [1.165, 1.54) is 60.5 Å². The number of fused-ring (bicyclic) bond motifs is 1. The molecule has 39 heavy (non-hydrogen) atoms. The Morgan fingerprint density at radius 1 is 0.872 bits per heavy atom. The van der Waals surface area contributed by atoms with Crippen molar-refractivity contribution in [1.82, 2.24) is 4.98 Å². The van der Waals surface area contributed by atoms with Gasteiger partial charge in [-0.1, -0.05) is 79.2 Å². The Bertz CT molecular complexity index is 1480. The van der Waals surface area contributed by atoms with Crippen LogP contribution >= 0.6 is 0 Å². The average Bonchev–Trinajstić information content (AvgIpc) is 3.79. The van der Waals surface area contributed by atoms with Gasteiger partial charge in [0.05, 0.1) is 6.42 Å². The van der Waals surface area contributed by atoms with Crippen LogP contribution in [0.15, 0.2) is 79.0 Å². The molecule has 0 unspecified atom stereocenters. The number of aryl methyl sites for hydroxylation is 1. The number of hydrogen-bond acceptors (Lipinski definition) is 3. The predicted molar refractivity (Wildman–Crippen MR) is 147 cm³/mol. The molecule has 0 bridgehead atoms. The van der Waals surface area contributed by atoms with Crippen molar-refractivity contribution in [3.8, 4) is 0 Å². The number of pyridine rings is 1. The summed E-state index contributed by atoms with van der Waals surface area (Å²) in [5.41, 5.74) is 2.85. The molecule has 5 rings (SSSR count). The molecule has 0 radical (unpaired) electrons. The van der Waals surface area contributed by atoms with Gasteiger partial charge in [-0.05, 0) is 60.1 Å². The van der Waals surface area contributed by atoms with Gasteiger partial charge in [-0.15, -0.1) is 0 Å². The van der Waals surface area contributed by atoms with Gasteiger partial charge in [-0.2, -0.15) is 8.78 Å². The molecular weight excluding hydrogens is 496 g/mol. The lowest BCUT2D eigenvalue weighted by molar-refractivity contribution is -0.136. The van der Waals surface area contributed by atoms with E-state index < -0.39 is 17.6 Å². The molecule has 0 atom stereocenters. The number of carbonyl (C=O) groups excluding carboxylic acids is 1. The maximum Gasteiger partial charge on any atom is 0.315 e. The second kappa shape index (κ2) is 11.4. The number of carboxylic acids is 1. The second-order valence-corrected chi connectivity index (χ2v) is 10.4. The smallest absolute Gasteiger partial charge is 0.315 e. The minimum Gasteiger partial charge on any atom is -0.481 e. The van der Waals surface area contributed by atoms with E-state index in [9.17, 15) is 9.59 Å². The number of carboxylic acid groups (broad SMARTS) is 1. The van der Waals surface area contributed by atoms with Gasteiger partial charge >= 0.3 is 11.9 Å². The Balaban J connectivity index is 1.18. The van der Waals surface area contributed by atoms with E-state index in [2.05, 4.69) is 29.2 Å². The zero-order chi connectivity index (χ0) is 27.4. The van der Waals surface area contributed by atoms with Gasteiger partial charge in [0, 0.05) is 29.1 Å². The van der Waals surface area contributed by atoms with Crippen molar-refractivity contribution in [1.29, 1.82) is 0 Å². The lowest BCUT2D eigenvalue weighted by atomic mass is 9.95. The van der Waals surface area contributed by atoms with Gasteiger partial charge in [-0.3, -0.25) is 14.6 Å². The molecular formula is C33H31F2NO3. The van der Waals surface area contributed by atoms with Crippen LogP contribution in [0.3, 0.4) is 0 Å². The van der Waals surface area contributed by atoms with Crippen LogP contribution in [-0.4, -0.2) is 21.8 Å². The van der Waals surface area contributed by atoms with Crippen LogP contribution in [0.2, 0.25) is 0 Å². The van der Waals surface area contributed by atoms with Crippen molar-refractivity contribution in [2.24, 2.45) is 0 Å². The molecule has 6 heteroatoms. The first-order valence-electron chi connectivity index (χ1n) is 13.5. The molecule has 200 valence electrons. The fraction of sp³-hybridized carbons (Fsp3) is 0.303. The Kier molecular flexibility index (Phi) is 7.82. The lowest BCUT2D eigenvalue weighted by Crippen LogP contribution is -2.18. The Labute approximate surface area is 226 Å². The van der Waals surface area contributed by atoms with Crippen molar-refractivity contribution < 1.29 is 23.5 Å². The predicted octanol–water partition coefficient (Wildman–Crippen LogP) is 7.87. The van der Waals surface area contributed by atoms with E-state index in [4.69, 9.17) is 5.11 Å². The summed E-state index contributed by atoms with van der Waals surface area (Å²) in [5, 5.41) is 9.80. The molecule has 0 saturated heterocycles. The zero-order valence-electron chi connectivity index (χ0n) is 21.7. The minimum absolute atomic E-state index is 0.0553. The third kappa shape index (κ3) is 6.22. The van der Waals surface area contributed by atoms with Crippen LogP contribution in [0.4, 0.5) is 8.78 Å². The Morgan fingerprint density at radius 2 is 1.56 bits per heavy atom. The van der Waals surface area contributed by atoms with Crippen molar-refractivity contribution in [3.63, 3.8) is 0 Å². The number of aromatic nitrogens is 1. The fourth-order valence-electron chi connectivity index (χ4n) is 5.12. The number of nitrogens with zero attached hydrogens (tertiary/aromatic N) is 1. The first-order valence-corrected chi connectivity index (χ1v) is 13.5. The van der Waals surface area contributed by atoms with E-state index in [1.807, 2.05) is 0 Å². The van der Waals surface area contributed by atoms with Gasteiger partial charge < -0.3 is 5.11 Å². The van der Waals surface area contributed by atoms with E-state index in [-0.39, 0.29) is 23.2 Å². The van der Waals surface area contributed by atoms with E-state index in [0.29, 0.717) is 22.9 Å². The number of rotatable bonds is 12. The number of hydrogen-bond donors (Lipinski definition) is 1. The van der Waals surface area contributed by atoms with Crippen LogP contribution in [0.25, 0.3) is 10.8 Å². The molecule has 1 aliphatic carbocycles. The Hall–Kier alpha value is -3.93. The highest BCUT2D eigenvalue weighted by molar-refractivity contribution is 5.96. The number of halogens is 2. The topological polar surface area (TPSA) is 67.3 Å². The zero-order valence-corrected chi connectivity index (χ0v) is 21.7. The Morgan fingerprint density at radius 3 is 2.23 bits per heavy atom. The van der Waals surface area contributed by atoms with Crippen LogP contribution in [0, 0.1) is 0 Å². The SMILES string of the molecule is O=C(O)Cc1cnc(C(F)(F)c2ccc(C(=O)CCCCCc3ccc(C4CC4)cc3)cc2)c2ccccc12. The number of unbranched alkanes of at least 4 members (excludes halogenated alkanes) is 2. The summed E-state index contributed by atoms with van der Waals surface area (Å²) >= 11 is 0. The number of Topliss-reactive ketones (excluding diaryl/α,β-unsaturated/α-hetero) is 1. The third-order valence-corrected chi connectivity index (χ3v) is 7.48. The van der Waals surface area contributed by atoms with Crippen molar-refractivity contribution in [2.45, 2.75) is 63.2 Å². The molecule has 3 aromatic carbocycles.